The molecule has 0 spiro atoms. The Morgan fingerprint density at radius 2 is 1.70 bits per heavy atom. The molecule has 8 heteroatoms. The van der Waals surface area contributed by atoms with E-state index in [2.05, 4.69) is 23.9 Å². The average Bonchev–Trinajstić information content (AvgIpc) is 2.61. The van der Waals surface area contributed by atoms with Crippen molar-refractivity contribution in [2.24, 2.45) is 0 Å². The van der Waals surface area contributed by atoms with Crippen LogP contribution >= 0.6 is 11.6 Å². The highest BCUT2D eigenvalue weighted by atomic mass is 35.5. The quantitative estimate of drug-likeness (QED) is 0.727. The molecule has 6 nitrogen and oxygen atoms in total. The molecule has 1 unspecified atom stereocenters. The number of methoxy groups -OCH3 is 1. The first-order chi connectivity index (χ1) is 12.6. The smallest absolute Gasteiger partial charge is 0.242 e. The fraction of sp³-hybridized carbons (Fsp3) is 0.316. The van der Waals surface area contributed by atoms with Gasteiger partial charge in [0.15, 0.2) is 0 Å². The van der Waals surface area contributed by atoms with E-state index in [0.717, 1.165) is 5.56 Å². The highest BCUT2D eigenvalue weighted by Crippen LogP contribution is 2.27. The molecule has 0 aliphatic heterocycles. The van der Waals surface area contributed by atoms with E-state index in [0.29, 0.717) is 17.4 Å². The largest absolute Gasteiger partial charge is 0.495 e. The minimum atomic E-state index is -3.91. The number of rotatable bonds is 7. The van der Waals surface area contributed by atoms with Crippen molar-refractivity contribution in [1.82, 2.24) is 4.72 Å². The molecule has 146 valence electrons. The van der Waals surface area contributed by atoms with Gasteiger partial charge in [-0.2, -0.15) is 4.72 Å². The van der Waals surface area contributed by atoms with Crippen LogP contribution in [0.2, 0.25) is 5.02 Å². The molecule has 0 saturated carbocycles. The van der Waals surface area contributed by atoms with E-state index in [1.807, 2.05) is 12.1 Å². The topological polar surface area (TPSA) is 84.5 Å². The van der Waals surface area contributed by atoms with Gasteiger partial charge in [0.2, 0.25) is 15.9 Å². The number of sulfonamides is 1. The first kappa shape index (κ1) is 21.2. The lowest BCUT2D eigenvalue weighted by Crippen LogP contribution is -2.41. The van der Waals surface area contributed by atoms with E-state index < -0.39 is 22.0 Å². The SMILES string of the molecule is COc1ccc(S(=O)(=O)NC(C)C(=O)Nc2ccc(C(C)C)cc2)cc1Cl. The van der Waals surface area contributed by atoms with Gasteiger partial charge >= 0.3 is 0 Å². The van der Waals surface area contributed by atoms with Crippen LogP contribution in [0.1, 0.15) is 32.3 Å². The number of benzene rings is 2. The third-order valence-electron chi connectivity index (χ3n) is 4.00. The maximum atomic E-state index is 12.5. The molecule has 0 bridgehead atoms. The Morgan fingerprint density at radius 1 is 1.07 bits per heavy atom. The summed E-state index contributed by atoms with van der Waals surface area (Å²) in [6, 6.07) is 10.6. The number of carbonyl (C=O) groups excluding carboxylic acids is 1. The number of anilines is 1. The van der Waals surface area contributed by atoms with Crippen LogP contribution < -0.4 is 14.8 Å². The fourth-order valence-corrected chi connectivity index (χ4v) is 3.92. The Labute approximate surface area is 164 Å². The molecule has 1 amide bonds. The Morgan fingerprint density at radius 3 is 2.22 bits per heavy atom. The lowest BCUT2D eigenvalue weighted by Gasteiger charge is -2.15. The van der Waals surface area contributed by atoms with E-state index in [9.17, 15) is 13.2 Å². The molecule has 0 heterocycles. The summed E-state index contributed by atoms with van der Waals surface area (Å²) >= 11 is 5.98. The number of hydrogen-bond donors (Lipinski definition) is 2. The van der Waals surface area contributed by atoms with Crippen molar-refractivity contribution in [3.63, 3.8) is 0 Å². The molecular weight excluding hydrogens is 388 g/mol. The average molecular weight is 411 g/mol. The first-order valence-electron chi connectivity index (χ1n) is 8.40. The Hall–Kier alpha value is -2.09. The van der Waals surface area contributed by atoms with Crippen LogP contribution in [-0.4, -0.2) is 27.5 Å². The van der Waals surface area contributed by atoms with Crippen LogP contribution in [0.15, 0.2) is 47.4 Å². The summed E-state index contributed by atoms with van der Waals surface area (Å²) < 4.78 is 32.3. The number of halogens is 1. The van der Waals surface area contributed by atoms with Crippen LogP contribution in [0.25, 0.3) is 0 Å². The van der Waals surface area contributed by atoms with Crippen LogP contribution in [0.5, 0.6) is 5.75 Å². The Kier molecular flexibility index (Phi) is 6.86. The lowest BCUT2D eigenvalue weighted by atomic mass is 10.0. The summed E-state index contributed by atoms with van der Waals surface area (Å²) in [5, 5.41) is 2.87. The zero-order valence-corrected chi connectivity index (χ0v) is 17.2. The van der Waals surface area contributed by atoms with Crippen molar-refractivity contribution in [3.8, 4) is 5.75 Å². The number of hydrogen-bond acceptors (Lipinski definition) is 4. The third-order valence-corrected chi connectivity index (χ3v) is 5.84. The molecule has 2 rings (SSSR count). The molecule has 0 aliphatic carbocycles. The zero-order valence-electron chi connectivity index (χ0n) is 15.6. The summed E-state index contributed by atoms with van der Waals surface area (Å²) in [5.74, 6) is 0.290. The highest BCUT2D eigenvalue weighted by Gasteiger charge is 2.23. The molecule has 0 aliphatic rings. The van der Waals surface area contributed by atoms with E-state index in [4.69, 9.17) is 16.3 Å². The maximum Gasteiger partial charge on any atom is 0.242 e. The molecule has 2 N–H and O–H groups in total. The van der Waals surface area contributed by atoms with Gasteiger partial charge in [0, 0.05) is 5.69 Å². The molecule has 1 atom stereocenters. The third kappa shape index (κ3) is 5.45. The standard InChI is InChI=1S/C19H23ClN2O4S/c1-12(2)14-5-7-15(8-6-14)21-19(23)13(3)22-27(24,25)16-9-10-18(26-4)17(20)11-16/h5-13,22H,1-4H3,(H,21,23). The van der Waals surface area contributed by atoms with Gasteiger partial charge in [-0.15, -0.1) is 0 Å². The van der Waals surface area contributed by atoms with Gasteiger partial charge < -0.3 is 10.1 Å². The number of carbonyl (C=O) groups is 1. The Bertz CT molecular complexity index is 912. The van der Waals surface area contributed by atoms with Crippen molar-refractivity contribution in [3.05, 3.63) is 53.1 Å². The number of amides is 1. The monoisotopic (exact) mass is 410 g/mol. The second-order valence-corrected chi connectivity index (χ2v) is 8.53. The summed E-state index contributed by atoms with van der Waals surface area (Å²) in [6.45, 7) is 5.63. The summed E-state index contributed by atoms with van der Waals surface area (Å²) in [4.78, 5) is 12.3. The van der Waals surface area contributed by atoms with Crippen molar-refractivity contribution >= 4 is 33.2 Å². The van der Waals surface area contributed by atoms with Gasteiger partial charge in [-0.3, -0.25) is 4.79 Å². The van der Waals surface area contributed by atoms with Gasteiger partial charge in [0.1, 0.15) is 5.75 Å². The van der Waals surface area contributed by atoms with E-state index in [-0.39, 0.29) is 9.92 Å². The molecule has 0 aromatic heterocycles. The molecular formula is C19H23ClN2O4S. The second kappa shape index (κ2) is 8.73. The van der Waals surface area contributed by atoms with Gasteiger partial charge in [-0.1, -0.05) is 37.6 Å². The summed E-state index contributed by atoms with van der Waals surface area (Å²) in [7, 11) is -2.47. The number of ether oxygens (including phenoxy) is 1. The van der Waals surface area contributed by atoms with Crippen LogP contribution in [0.3, 0.4) is 0 Å². The van der Waals surface area contributed by atoms with Crippen LogP contribution in [-0.2, 0) is 14.8 Å². The fourth-order valence-electron chi connectivity index (χ4n) is 2.37. The van der Waals surface area contributed by atoms with Crippen molar-refractivity contribution in [2.45, 2.75) is 37.6 Å². The minimum Gasteiger partial charge on any atom is -0.495 e. The second-order valence-electron chi connectivity index (χ2n) is 6.41. The maximum absolute atomic E-state index is 12.5. The molecule has 0 fully saturated rings. The predicted molar refractivity (Wildman–Crippen MR) is 107 cm³/mol. The Balaban J connectivity index is 2.07. The first-order valence-corrected chi connectivity index (χ1v) is 10.3. The van der Waals surface area contributed by atoms with E-state index >= 15 is 0 Å². The minimum absolute atomic E-state index is 0.0470. The van der Waals surface area contributed by atoms with Gasteiger partial charge in [-0.25, -0.2) is 8.42 Å². The molecule has 2 aromatic rings. The van der Waals surface area contributed by atoms with E-state index in [1.54, 1.807) is 12.1 Å². The van der Waals surface area contributed by atoms with Crippen molar-refractivity contribution in [2.75, 3.05) is 12.4 Å². The molecule has 2 aromatic carbocycles. The lowest BCUT2D eigenvalue weighted by molar-refractivity contribution is -0.117. The summed E-state index contributed by atoms with van der Waals surface area (Å²) in [6.07, 6.45) is 0. The molecule has 0 radical (unpaired) electrons. The van der Waals surface area contributed by atoms with Crippen molar-refractivity contribution < 1.29 is 17.9 Å². The molecule has 27 heavy (non-hydrogen) atoms. The van der Waals surface area contributed by atoms with Crippen molar-refractivity contribution in [1.29, 1.82) is 0 Å². The van der Waals surface area contributed by atoms with Gasteiger partial charge in [0.05, 0.1) is 23.1 Å². The van der Waals surface area contributed by atoms with Gasteiger partial charge in [0.25, 0.3) is 0 Å². The molecule has 0 saturated heterocycles. The predicted octanol–water partition coefficient (Wildman–Crippen LogP) is 3.78. The summed E-state index contributed by atoms with van der Waals surface area (Å²) in [5.41, 5.74) is 1.75. The normalized spacial score (nSPS) is 12.7. The number of nitrogens with one attached hydrogen (secondary N) is 2. The van der Waals surface area contributed by atoms with Crippen LogP contribution in [0, 0.1) is 0 Å². The van der Waals surface area contributed by atoms with E-state index in [1.165, 1.54) is 32.2 Å². The van der Waals surface area contributed by atoms with Gasteiger partial charge in [-0.05, 0) is 48.7 Å². The zero-order chi connectivity index (χ0) is 20.2. The highest BCUT2D eigenvalue weighted by molar-refractivity contribution is 7.89. The van der Waals surface area contributed by atoms with Crippen LogP contribution in [0.4, 0.5) is 5.69 Å².